The number of piperidine rings is 1. The molecule has 1 aromatic carbocycles. The van der Waals surface area contributed by atoms with E-state index in [0.29, 0.717) is 39.6 Å². The first-order chi connectivity index (χ1) is 14.1. The van der Waals surface area contributed by atoms with Gasteiger partial charge in [-0.05, 0) is 69.0 Å². The third-order valence-electron chi connectivity index (χ3n) is 6.16. The summed E-state index contributed by atoms with van der Waals surface area (Å²) in [4.78, 5) is 11.8. The highest BCUT2D eigenvalue weighted by Gasteiger charge is 2.30. The van der Waals surface area contributed by atoms with Crippen LogP contribution in [0.15, 0.2) is 28.7 Å². The second-order valence-corrected chi connectivity index (χ2v) is 8.65. The van der Waals surface area contributed by atoms with Crippen molar-refractivity contribution in [1.82, 2.24) is 14.9 Å². The van der Waals surface area contributed by atoms with E-state index in [0.717, 1.165) is 24.6 Å². The zero-order valence-corrected chi connectivity index (χ0v) is 17.2. The van der Waals surface area contributed by atoms with Crippen LogP contribution in [0.25, 0.3) is 22.5 Å². The average Bonchev–Trinajstić information content (AvgIpc) is 3.01. The molecule has 2 N–H and O–H groups in total. The number of benzene rings is 1. The maximum absolute atomic E-state index is 10.3. The van der Waals surface area contributed by atoms with Crippen LogP contribution in [0.3, 0.4) is 0 Å². The lowest BCUT2D eigenvalue weighted by molar-refractivity contribution is 0.0986. The second-order valence-electron chi connectivity index (χ2n) is 8.22. The van der Waals surface area contributed by atoms with Crippen LogP contribution in [0.5, 0.6) is 5.75 Å². The number of nitrogens with zero attached hydrogens (tertiary/aromatic N) is 3. The van der Waals surface area contributed by atoms with Crippen molar-refractivity contribution in [3.05, 3.63) is 34.9 Å². The highest BCUT2D eigenvalue weighted by molar-refractivity contribution is 6.31. The van der Waals surface area contributed by atoms with E-state index in [4.69, 9.17) is 16.0 Å². The Morgan fingerprint density at radius 1 is 1.17 bits per heavy atom. The van der Waals surface area contributed by atoms with Crippen LogP contribution in [0.2, 0.25) is 5.02 Å². The monoisotopic (exact) mass is 412 g/mol. The van der Waals surface area contributed by atoms with Crippen LogP contribution in [-0.4, -0.2) is 45.1 Å². The van der Waals surface area contributed by atoms with Crippen molar-refractivity contribution < 1.29 is 9.52 Å². The van der Waals surface area contributed by atoms with E-state index in [1.165, 1.54) is 38.3 Å². The summed E-state index contributed by atoms with van der Waals surface area (Å²) in [7, 11) is 0. The van der Waals surface area contributed by atoms with Gasteiger partial charge in [-0.15, -0.1) is 0 Å². The molecule has 0 spiro atoms. The molecule has 0 amide bonds. The van der Waals surface area contributed by atoms with Crippen LogP contribution >= 0.6 is 11.6 Å². The van der Waals surface area contributed by atoms with Crippen molar-refractivity contribution in [2.75, 3.05) is 18.4 Å². The average molecular weight is 413 g/mol. The molecular formula is C22H25ClN4O2. The normalized spacial score (nSPS) is 20.7. The predicted octanol–water partition coefficient (Wildman–Crippen LogP) is 4.99. The van der Waals surface area contributed by atoms with Gasteiger partial charge in [0.05, 0.1) is 5.69 Å². The Balaban J connectivity index is 1.37. The molecule has 1 saturated heterocycles. The molecule has 0 radical (unpaired) electrons. The fourth-order valence-corrected chi connectivity index (χ4v) is 4.73. The van der Waals surface area contributed by atoms with E-state index in [2.05, 4.69) is 20.2 Å². The molecule has 1 aliphatic carbocycles. The highest BCUT2D eigenvalue weighted by Crippen LogP contribution is 2.35. The van der Waals surface area contributed by atoms with Crippen molar-refractivity contribution in [3.63, 3.8) is 0 Å². The number of fused-ring (bicyclic) bond motifs is 1. The van der Waals surface area contributed by atoms with E-state index < -0.39 is 0 Å². The van der Waals surface area contributed by atoms with Gasteiger partial charge in [0.15, 0.2) is 5.58 Å². The zero-order chi connectivity index (χ0) is 20.0. The minimum Gasteiger partial charge on any atom is -0.507 e. The van der Waals surface area contributed by atoms with E-state index >= 15 is 0 Å². The molecule has 7 heteroatoms. The fourth-order valence-electron chi connectivity index (χ4n) is 4.46. The minimum absolute atomic E-state index is 0.113. The van der Waals surface area contributed by atoms with E-state index in [9.17, 15) is 5.11 Å². The topological polar surface area (TPSA) is 74.4 Å². The van der Waals surface area contributed by atoms with Gasteiger partial charge < -0.3 is 14.8 Å². The lowest BCUT2D eigenvalue weighted by Crippen LogP contribution is -2.49. The summed E-state index contributed by atoms with van der Waals surface area (Å²) in [6, 6.07) is 8.67. The van der Waals surface area contributed by atoms with Crippen molar-refractivity contribution in [2.24, 2.45) is 0 Å². The Hall–Kier alpha value is -2.31. The SMILES string of the molecule is Cc1cc(Cl)cc(O)c1-c1ccc2oc(NC3CCCN(C4CCC4)C3)nc2n1. The molecule has 1 unspecified atom stereocenters. The summed E-state index contributed by atoms with van der Waals surface area (Å²) < 4.78 is 5.89. The summed E-state index contributed by atoms with van der Waals surface area (Å²) in [5.74, 6) is 0.113. The number of phenols is 1. The smallest absolute Gasteiger partial charge is 0.297 e. The summed E-state index contributed by atoms with van der Waals surface area (Å²) in [5, 5.41) is 14.3. The van der Waals surface area contributed by atoms with E-state index in [1.54, 1.807) is 0 Å². The summed E-state index contributed by atoms with van der Waals surface area (Å²) >= 11 is 6.02. The van der Waals surface area contributed by atoms with Crippen molar-refractivity contribution in [2.45, 2.75) is 51.1 Å². The molecule has 3 heterocycles. The van der Waals surface area contributed by atoms with Gasteiger partial charge in [-0.25, -0.2) is 4.98 Å². The number of halogens is 1. The number of phenolic OH excluding ortho intramolecular Hbond substituents is 1. The lowest BCUT2D eigenvalue weighted by atomic mass is 9.89. The number of pyridine rings is 1. The molecule has 29 heavy (non-hydrogen) atoms. The lowest BCUT2D eigenvalue weighted by Gasteiger charge is -2.42. The number of hydrogen-bond acceptors (Lipinski definition) is 6. The maximum atomic E-state index is 10.3. The van der Waals surface area contributed by atoms with Gasteiger partial charge in [0.1, 0.15) is 5.75 Å². The molecule has 152 valence electrons. The Kier molecular flexibility index (Phi) is 4.84. The van der Waals surface area contributed by atoms with Crippen molar-refractivity contribution >= 4 is 28.8 Å². The van der Waals surface area contributed by atoms with Gasteiger partial charge in [-0.2, -0.15) is 4.98 Å². The second kappa shape index (κ2) is 7.50. The molecule has 3 aromatic rings. The largest absolute Gasteiger partial charge is 0.507 e. The Morgan fingerprint density at radius 3 is 2.79 bits per heavy atom. The number of hydrogen-bond donors (Lipinski definition) is 2. The number of aromatic hydroxyl groups is 1. The maximum Gasteiger partial charge on any atom is 0.297 e. The molecular weight excluding hydrogens is 388 g/mol. The molecule has 0 bridgehead atoms. The van der Waals surface area contributed by atoms with E-state index in [1.807, 2.05) is 25.1 Å². The highest BCUT2D eigenvalue weighted by atomic mass is 35.5. The molecule has 1 atom stereocenters. The first kappa shape index (κ1) is 18.7. The molecule has 2 aromatic heterocycles. The van der Waals surface area contributed by atoms with Crippen LogP contribution in [0.1, 0.15) is 37.7 Å². The number of anilines is 1. The number of aromatic nitrogens is 2. The minimum atomic E-state index is 0.113. The number of aryl methyl sites for hydroxylation is 1. The molecule has 1 aliphatic heterocycles. The first-order valence-corrected chi connectivity index (χ1v) is 10.7. The van der Waals surface area contributed by atoms with Crippen molar-refractivity contribution in [1.29, 1.82) is 0 Å². The van der Waals surface area contributed by atoms with Crippen LogP contribution in [-0.2, 0) is 0 Å². The summed E-state index contributed by atoms with van der Waals surface area (Å²) in [5.41, 5.74) is 3.34. The quantitative estimate of drug-likeness (QED) is 0.629. The van der Waals surface area contributed by atoms with Gasteiger partial charge in [-0.3, -0.25) is 4.90 Å². The number of nitrogens with one attached hydrogen (secondary N) is 1. The number of likely N-dealkylation sites (tertiary alicyclic amines) is 1. The van der Waals surface area contributed by atoms with Crippen LogP contribution < -0.4 is 5.32 Å². The fraction of sp³-hybridized carbons (Fsp3) is 0.455. The van der Waals surface area contributed by atoms with Gasteiger partial charge in [0.25, 0.3) is 6.01 Å². The van der Waals surface area contributed by atoms with Gasteiger partial charge in [-0.1, -0.05) is 18.0 Å². The number of rotatable bonds is 4. The third-order valence-corrected chi connectivity index (χ3v) is 6.38. The van der Waals surface area contributed by atoms with Crippen LogP contribution in [0.4, 0.5) is 6.01 Å². The molecule has 6 nitrogen and oxygen atoms in total. The van der Waals surface area contributed by atoms with Gasteiger partial charge >= 0.3 is 0 Å². The molecule has 2 fully saturated rings. The molecule has 5 rings (SSSR count). The predicted molar refractivity (Wildman–Crippen MR) is 115 cm³/mol. The van der Waals surface area contributed by atoms with Gasteiger partial charge in [0, 0.05) is 29.2 Å². The zero-order valence-electron chi connectivity index (χ0n) is 16.5. The molecule has 1 saturated carbocycles. The van der Waals surface area contributed by atoms with E-state index in [-0.39, 0.29) is 5.75 Å². The van der Waals surface area contributed by atoms with Gasteiger partial charge in [0.2, 0.25) is 5.65 Å². The summed E-state index contributed by atoms with van der Waals surface area (Å²) in [6.07, 6.45) is 6.35. The molecule has 2 aliphatic rings. The Morgan fingerprint density at radius 2 is 2.03 bits per heavy atom. The standard InChI is InChI=1S/C22H25ClN4O2/c1-13-10-14(23)11-18(28)20(13)17-7-8-19-21(25-17)26-22(29-19)24-15-4-3-9-27(12-15)16-5-2-6-16/h7-8,10-11,15-16,28H,2-6,9,12H2,1H3,(H,24,25,26). The third kappa shape index (κ3) is 3.67. The summed E-state index contributed by atoms with van der Waals surface area (Å²) in [6.45, 7) is 4.14. The van der Waals surface area contributed by atoms with Crippen molar-refractivity contribution in [3.8, 4) is 17.0 Å². The number of oxazole rings is 1. The van der Waals surface area contributed by atoms with Crippen LogP contribution in [0, 0.1) is 6.92 Å². The Labute approximate surface area is 174 Å². The first-order valence-electron chi connectivity index (χ1n) is 10.3. The Bertz CT molecular complexity index is 1020.